The zero-order valence-electron chi connectivity index (χ0n) is 12.9. The number of aliphatic hydroxyl groups excluding tert-OH is 1. The summed E-state index contributed by atoms with van der Waals surface area (Å²) in [5.41, 5.74) is 2.64. The fraction of sp³-hybridized carbons (Fsp3) is 0.333. The summed E-state index contributed by atoms with van der Waals surface area (Å²) in [4.78, 5) is 0. The van der Waals surface area contributed by atoms with Gasteiger partial charge in [0.1, 0.15) is 5.75 Å². The standard InChI is InChI=1S/C18H21FO2/c1-11(2)14-6-5-12(3)18(10-14)21-17-8-7-15(13(4)20)9-16(17)19/h5-11,13,20H,1-4H3. The maximum absolute atomic E-state index is 14.1. The number of aryl methyl sites for hydroxylation is 1. The molecule has 0 heterocycles. The quantitative estimate of drug-likeness (QED) is 0.847. The van der Waals surface area contributed by atoms with Gasteiger partial charge in [-0.25, -0.2) is 4.39 Å². The number of benzene rings is 2. The van der Waals surface area contributed by atoms with E-state index < -0.39 is 11.9 Å². The summed E-state index contributed by atoms with van der Waals surface area (Å²) in [7, 11) is 0. The predicted molar refractivity (Wildman–Crippen MR) is 82.4 cm³/mol. The Hall–Kier alpha value is -1.87. The van der Waals surface area contributed by atoms with Gasteiger partial charge in [-0.3, -0.25) is 0 Å². The minimum Gasteiger partial charge on any atom is -0.454 e. The largest absolute Gasteiger partial charge is 0.454 e. The van der Waals surface area contributed by atoms with Crippen LogP contribution in [0.1, 0.15) is 49.5 Å². The summed E-state index contributed by atoms with van der Waals surface area (Å²) in [6, 6.07) is 10.5. The molecule has 0 fully saturated rings. The number of halogens is 1. The predicted octanol–water partition coefficient (Wildman–Crippen LogP) is 5.10. The van der Waals surface area contributed by atoms with Gasteiger partial charge >= 0.3 is 0 Å². The Morgan fingerprint density at radius 3 is 2.19 bits per heavy atom. The normalized spacial score (nSPS) is 12.5. The van der Waals surface area contributed by atoms with Gasteiger partial charge < -0.3 is 9.84 Å². The van der Waals surface area contributed by atoms with Crippen molar-refractivity contribution < 1.29 is 14.2 Å². The molecular weight excluding hydrogens is 267 g/mol. The molecule has 2 aromatic carbocycles. The van der Waals surface area contributed by atoms with Gasteiger partial charge in [-0.05, 0) is 54.7 Å². The molecule has 0 saturated carbocycles. The first-order valence-corrected chi connectivity index (χ1v) is 7.14. The van der Waals surface area contributed by atoms with E-state index in [1.165, 1.54) is 6.07 Å². The highest BCUT2D eigenvalue weighted by molar-refractivity contribution is 5.42. The lowest BCUT2D eigenvalue weighted by Gasteiger charge is -2.14. The Kier molecular flexibility index (Phi) is 4.63. The van der Waals surface area contributed by atoms with Gasteiger partial charge in [0.05, 0.1) is 6.10 Å². The molecule has 0 bridgehead atoms. The van der Waals surface area contributed by atoms with Crippen LogP contribution in [-0.4, -0.2) is 5.11 Å². The molecule has 0 aromatic heterocycles. The van der Waals surface area contributed by atoms with Crippen LogP contribution >= 0.6 is 0 Å². The topological polar surface area (TPSA) is 29.5 Å². The molecule has 0 saturated heterocycles. The van der Waals surface area contributed by atoms with Gasteiger partial charge in [-0.2, -0.15) is 0 Å². The number of rotatable bonds is 4. The Balaban J connectivity index is 2.32. The van der Waals surface area contributed by atoms with Crippen LogP contribution in [0.4, 0.5) is 4.39 Å². The third-order valence-electron chi connectivity index (χ3n) is 3.54. The molecule has 2 nitrogen and oxygen atoms in total. The summed E-state index contributed by atoms with van der Waals surface area (Å²) in [5, 5.41) is 9.46. The molecule has 0 aliphatic rings. The highest BCUT2D eigenvalue weighted by atomic mass is 19.1. The van der Waals surface area contributed by atoms with Crippen LogP contribution in [-0.2, 0) is 0 Å². The Bertz CT molecular complexity index is 633. The number of ether oxygens (including phenoxy) is 1. The third-order valence-corrected chi connectivity index (χ3v) is 3.54. The van der Waals surface area contributed by atoms with Gasteiger partial charge in [0.2, 0.25) is 0 Å². The molecule has 2 rings (SSSR count). The monoisotopic (exact) mass is 288 g/mol. The molecule has 0 radical (unpaired) electrons. The molecule has 0 aliphatic heterocycles. The van der Waals surface area contributed by atoms with Gasteiger partial charge in [0.25, 0.3) is 0 Å². The lowest BCUT2D eigenvalue weighted by molar-refractivity contribution is 0.198. The van der Waals surface area contributed by atoms with Crippen molar-refractivity contribution in [2.75, 3.05) is 0 Å². The molecule has 112 valence electrons. The highest BCUT2D eigenvalue weighted by Gasteiger charge is 2.11. The zero-order valence-corrected chi connectivity index (χ0v) is 12.9. The van der Waals surface area contributed by atoms with Gasteiger partial charge in [-0.15, -0.1) is 0 Å². The van der Waals surface area contributed by atoms with Crippen molar-refractivity contribution in [1.82, 2.24) is 0 Å². The van der Waals surface area contributed by atoms with E-state index in [2.05, 4.69) is 19.9 Å². The van der Waals surface area contributed by atoms with Crippen molar-refractivity contribution in [3.63, 3.8) is 0 Å². The van der Waals surface area contributed by atoms with E-state index in [1.54, 1.807) is 19.1 Å². The maximum atomic E-state index is 14.1. The van der Waals surface area contributed by atoms with E-state index in [-0.39, 0.29) is 5.75 Å². The van der Waals surface area contributed by atoms with Crippen LogP contribution in [0.2, 0.25) is 0 Å². The fourth-order valence-electron chi connectivity index (χ4n) is 2.06. The zero-order chi connectivity index (χ0) is 15.6. The Morgan fingerprint density at radius 2 is 1.62 bits per heavy atom. The van der Waals surface area contributed by atoms with E-state index in [9.17, 15) is 9.50 Å². The Morgan fingerprint density at radius 1 is 0.952 bits per heavy atom. The second-order valence-electron chi connectivity index (χ2n) is 5.65. The minimum absolute atomic E-state index is 0.170. The van der Waals surface area contributed by atoms with Gasteiger partial charge in [0, 0.05) is 0 Å². The van der Waals surface area contributed by atoms with Crippen molar-refractivity contribution in [3.8, 4) is 11.5 Å². The molecule has 2 aromatic rings. The molecule has 1 unspecified atom stereocenters. The SMILES string of the molecule is Cc1ccc(C(C)C)cc1Oc1ccc(C(C)O)cc1F. The molecular formula is C18H21FO2. The first kappa shape index (κ1) is 15.5. The second kappa shape index (κ2) is 6.27. The third kappa shape index (κ3) is 3.61. The van der Waals surface area contributed by atoms with Crippen molar-refractivity contribution in [2.45, 2.75) is 39.7 Å². The molecule has 1 N–H and O–H groups in total. The van der Waals surface area contributed by atoms with E-state index >= 15 is 0 Å². The lowest BCUT2D eigenvalue weighted by Crippen LogP contribution is -1.96. The molecule has 0 spiro atoms. The second-order valence-corrected chi connectivity index (χ2v) is 5.65. The summed E-state index contributed by atoms with van der Waals surface area (Å²) >= 11 is 0. The summed E-state index contributed by atoms with van der Waals surface area (Å²) in [6.07, 6.45) is -0.695. The first-order valence-electron chi connectivity index (χ1n) is 7.14. The number of hydrogen-bond acceptors (Lipinski definition) is 2. The first-order chi connectivity index (χ1) is 9.88. The van der Waals surface area contributed by atoms with Crippen LogP contribution in [0.5, 0.6) is 11.5 Å². The van der Waals surface area contributed by atoms with E-state index in [0.717, 1.165) is 11.1 Å². The summed E-state index contributed by atoms with van der Waals surface area (Å²) in [5.74, 6) is 0.742. The van der Waals surface area contributed by atoms with Crippen LogP contribution in [0.25, 0.3) is 0 Å². The van der Waals surface area contributed by atoms with Crippen LogP contribution in [0, 0.1) is 12.7 Å². The molecule has 1 atom stereocenters. The van der Waals surface area contributed by atoms with Crippen LogP contribution in [0.15, 0.2) is 36.4 Å². The summed E-state index contributed by atoms with van der Waals surface area (Å²) < 4.78 is 19.8. The highest BCUT2D eigenvalue weighted by Crippen LogP contribution is 2.31. The van der Waals surface area contributed by atoms with Crippen LogP contribution in [0.3, 0.4) is 0 Å². The van der Waals surface area contributed by atoms with Crippen molar-refractivity contribution in [1.29, 1.82) is 0 Å². The average Bonchev–Trinajstić information content (AvgIpc) is 2.42. The average molecular weight is 288 g/mol. The molecule has 0 amide bonds. The molecule has 21 heavy (non-hydrogen) atoms. The van der Waals surface area contributed by atoms with Gasteiger partial charge in [-0.1, -0.05) is 32.0 Å². The lowest BCUT2D eigenvalue weighted by atomic mass is 10.0. The van der Waals surface area contributed by atoms with Crippen molar-refractivity contribution in [2.24, 2.45) is 0 Å². The number of hydrogen-bond donors (Lipinski definition) is 1. The van der Waals surface area contributed by atoms with E-state index in [4.69, 9.17) is 4.74 Å². The minimum atomic E-state index is -0.695. The van der Waals surface area contributed by atoms with E-state index in [1.807, 2.05) is 19.1 Å². The van der Waals surface area contributed by atoms with E-state index in [0.29, 0.717) is 17.2 Å². The molecule has 0 aliphatic carbocycles. The van der Waals surface area contributed by atoms with Crippen molar-refractivity contribution in [3.05, 3.63) is 58.9 Å². The van der Waals surface area contributed by atoms with Crippen molar-refractivity contribution >= 4 is 0 Å². The maximum Gasteiger partial charge on any atom is 0.166 e. The fourth-order valence-corrected chi connectivity index (χ4v) is 2.06. The summed E-state index contributed by atoms with van der Waals surface area (Å²) in [6.45, 7) is 7.74. The molecule has 3 heteroatoms. The Labute approximate surface area is 125 Å². The smallest absolute Gasteiger partial charge is 0.166 e. The number of aliphatic hydroxyl groups is 1. The van der Waals surface area contributed by atoms with Crippen LogP contribution < -0.4 is 4.74 Å². The van der Waals surface area contributed by atoms with Gasteiger partial charge in [0.15, 0.2) is 11.6 Å².